The van der Waals surface area contributed by atoms with E-state index in [1.807, 2.05) is 6.07 Å². The third-order valence-electron chi connectivity index (χ3n) is 3.40. The molecule has 0 saturated carbocycles. The molecule has 0 aliphatic rings. The molecule has 2 aromatic rings. The first kappa shape index (κ1) is 15.0. The molecule has 0 fully saturated rings. The Labute approximate surface area is 130 Å². The summed E-state index contributed by atoms with van der Waals surface area (Å²) in [5.74, 6) is 0.382. The fraction of sp³-hybridized carbons (Fsp3) is 0.250. The Balaban J connectivity index is 2.31. The van der Waals surface area contributed by atoms with Gasteiger partial charge in [0.25, 0.3) is 0 Å². The summed E-state index contributed by atoms with van der Waals surface area (Å²) < 4.78 is 6.91. The molecule has 19 heavy (non-hydrogen) atoms. The van der Waals surface area contributed by atoms with Gasteiger partial charge in [0.1, 0.15) is 0 Å². The van der Waals surface area contributed by atoms with Crippen molar-refractivity contribution in [2.45, 2.75) is 16.0 Å². The van der Waals surface area contributed by atoms with Crippen LogP contribution in [-0.4, -0.2) is 7.11 Å². The van der Waals surface area contributed by atoms with Gasteiger partial charge in [-0.25, -0.2) is 0 Å². The molecule has 0 amide bonds. The van der Waals surface area contributed by atoms with E-state index in [-0.39, 0.29) is 6.10 Å². The van der Waals surface area contributed by atoms with E-state index in [0.717, 1.165) is 3.93 Å². The number of ether oxygens (including phenoxy) is 1. The van der Waals surface area contributed by atoms with Gasteiger partial charge in [0.2, 0.25) is 0 Å². The van der Waals surface area contributed by atoms with Crippen molar-refractivity contribution in [2.24, 2.45) is 0 Å². The SMILES string of the molecule is COC(c1ccccc1)C([CH2][Hg][Cl])c1ccccc1. The molecule has 0 aromatic heterocycles. The molecule has 2 atom stereocenters. The quantitative estimate of drug-likeness (QED) is 0.561. The van der Waals surface area contributed by atoms with Crippen LogP contribution in [0, 0.1) is 0 Å². The van der Waals surface area contributed by atoms with Crippen molar-refractivity contribution < 1.29 is 28.1 Å². The second-order valence-electron chi connectivity index (χ2n) is 4.56. The van der Waals surface area contributed by atoms with Crippen molar-refractivity contribution >= 4 is 8.25 Å². The van der Waals surface area contributed by atoms with Crippen LogP contribution in [0.15, 0.2) is 60.7 Å². The van der Waals surface area contributed by atoms with Crippen molar-refractivity contribution in [2.75, 3.05) is 7.11 Å². The van der Waals surface area contributed by atoms with Gasteiger partial charge in [-0.1, -0.05) is 0 Å². The van der Waals surface area contributed by atoms with Crippen molar-refractivity contribution in [3.63, 3.8) is 0 Å². The molecule has 96 valence electrons. The third-order valence-corrected chi connectivity index (χ3v) is 8.58. The number of methoxy groups -OCH3 is 1. The van der Waals surface area contributed by atoms with E-state index in [1.54, 1.807) is 7.11 Å². The summed E-state index contributed by atoms with van der Waals surface area (Å²) in [6.45, 7) is 0. The first-order valence-electron chi connectivity index (χ1n) is 6.55. The molecule has 0 aliphatic carbocycles. The molecule has 2 rings (SSSR count). The Morgan fingerprint density at radius 1 is 0.947 bits per heavy atom. The third kappa shape index (κ3) is 4.04. The molecule has 3 heteroatoms. The minimum atomic E-state index is -1.25. The Morgan fingerprint density at radius 3 is 1.95 bits per heavy atom. The van der Waals surface area contributed by atoms with Gasteiger partial charge in [0.05, 0.1) is 0 Å². The summed E-state index contributed by atoms with van der Waals surface area (Å²) in [5.41, 5.74) is 2.57. The molecule has 2 unspecified atom stereocenters. The van der Waals surface area contributed by atoms with Gasteiger partial charge in [-0.05, 0) is 0 Å². The summed E-state index contributed by atoms with van der Waals surface area (Å²) in [7, 11) is 7.99. The van der Waals surface area contributed by atoms with E-state index in [9.17, 15) is 0 Å². The number of hydrogen-bond acceptors (Lipinski definition) is 1. The van der Waals surface area contributed by atoms with Crippen molar-refractivity contribution in [1.82, 2.24) is 0 Å². The molecular weight excluding hydrogens is 444 g/mol. The topological polar surface area (TPSA) is 9.23 Å². The first-order valence-corrected chi connectivity index (χ1v) is 17.2. The van der Waals surface area contributed by atoms with E-state index < -0.39 is 23.3 Å². The second-order valence-corrected chi connectivity index (χ2v) is 11.6. The van der Waals surface area contributed by atoms with Gasteiger partial charge in [-0.15, -0.1) is 0 Å². The van der Waals surface area contributed by atoms with Crippen molar-refractivity contribution in [3.05, 3.63) is 71.8 Å². The summed E-state index contributed by atoms with van der Waals surface area (Å²) >= 11 is -1.25. The van der Waals surface area contributed by atoms with Crippen molar-refractivity contribution in [3.8, 4) is 0 Å². The van der Waals surface area contributed by atoms with Gasteiger partial charge in [-0.3, -0.25) is 0 Å². The maximum atomic E-state index is 6.20. The van der Waals surface area contributed by atoms with Crippen LogP contribution in [0.3, 0.4) is 0 Å². The van der Waals surface area contributed by atoms with Crippen LogP contribution < -0.4 is 0 Å². The predicted octanol–water partition coefficient (Wildman–Crippen LogP) is 4.81. The number of rotatable bonds is 6. The minimum absolute atomic E-state index is 0.0994. The predicted molar refractivity (Wildman–Crippen MR) is 76.0 cm³/mol. The van der Waals surface area contributed by atoms with E-state index in [1.165, 1.54) is 11.1 Å². The molecule has 0 heterocycles. The molecular formula is C16H17ClHgO. The molecule has 0 bridgehead atoms. The molecule has 0 spiro atoms. The standard InChI is InChI=1S/C16H17O.ClH.Hg/c1-13(14-9-5-3-6-10-14)16(17-2)15-11-7-4-8-12-15;;/h3-13,16H,1H2,2H3;1H;/q;;+1/p-1. The zero-order chi connectivity index (χ0) is 13.5. The molecule has 0 N–H and O–H groups in total. The van der Waals surface area contributed by atoms with Crippen LogP contribution >= 0.6 is 8.25 Å². The Hall–Kier alpha value is -0.375. The van der Waals surface area contributed by atoms with E-state index in [2.05, 4.69) is 54.6 Å². The van der Waals surface area contributed by atoms with Crippen LogP contribution in [0.25, 0.3) is 0 Å². The normalized spacial score (nSPS) is 13.6. The average molecular weight is 461 g/mol. The molecule has 1 nitrogen and oxygen atoms in total. The Bertz CT molecular complexity index is 475. The van der Waals surface area contributed by atoms with Gasteiger partial charge >= 0.3 is 131 Å². The van der Waals surface area contributed by atoms with Crippen LogP contribution in [0.2, 0.25) is 3.93 Å². The number of hydrogen-bond donors (Lipinski definition) is 0. The molecule has 0 saturated heterocycles. The summed E-state index contributed by atoms with van der Waals surface area (Å²) in [6, 6.07) is 21.0. The fourth-order valence-electron chi connectivity index (χ4n) is 2.49. The van der Waals surface area contributed by atoms with Gasteiger partial charge in [-0.2, -0.15) is 0 Å². The molecule has 2 aromatic carbocycles. The molecule has 0 radical (unpaired) electrons. The van der Waals surface area contributed by atoms with Gasteiger partial charge in [0, 0.05) is 0 Å². The summed E-state index contributed by atoms with van der Waals surface area (Å²) in [5, 5.41) is 0. The van der Waals surface area contributed by atoms with E-state index in [0.29, 0.717) is 5.92 Å². The summed E-state index contributed by atoms with van der Waals surface area (Å²) in [4.78, 5) is 0. The van der Waals surface area contributed by atoms with Gasteiger partial charge < -0.3 is 0 Å². The fourth-order valence-corrected chi connectivity index (χ4v) is 7.94. The Kier molecular flexibility index (Phi) is 6.35. The monoisotopic (exact) mass is 462 g/mol. The van der Waals surface area contributed by atoms with Crippen LogP contribution in [0.5, 0.6) is 0 Å². The number of benzene rings is 2. The molecule has 0 aliphatic heterocycles. The van der Waals surface area contributed by atoms with Crippen LogP contribution in [0.1, 0.15) is 23.1 Å². The summed E-state index contributed by atoms with van der Waals surface area (Å²) in [6.07, 6.45) is 0.0994. The zero-order valence-corrected chi connectivity index (χ0v) is 17.4. The van der Waals surface area contributed by atoms with E-state index in [4.69, 9.17) is 13.0 Å². The zero-order valence-electron chi connectivity index (χ0n) is 11.1. The first-order chi connectivity index (χ1) is 9.36. The van der Waals surface area contributed by atoms with Crippen molar-refractivity contribution in [1.29, 1.82) is 0 Å². The van der Waals surface area contributed by atoms with Gasteiger partial charge in [0.15, 0.2) is 0 Å². The second kappa shape index (κ2) is 8.03. The maximum absolute atomic E-state index is 6.20. The van der Waals surface area contributed by atoms with E-state index >= 15 is 0 Å². The Morgan fingerprint density at radius 2 is 1.47 bits per heavy atom. The van der Waals surface area contributed by atoms with Crippen LogP contribution in [0.4, 0.5) is 0 Å². The average Bonchev–Trinajstić information content (AvgIpc) is 2.49. The van der Waals surface area contributed by atoms with Crippen LogP contribution in [-0.2, 0) is 28.1 Å². The number of halogens is 1.